The molecule has 0 bridgehead atoms. The second-order valence-corrected chi connectivity index (χ2v) is 8.34. The third-order valence-corrected chi connectivity index (χ3v) is 6.16. The van der Waals surface area contributed by atoms with Crippen LogP contribution in [-0.4, -0.2) is 36.2 Å². The van der Waals surface area contributed by atoms with Gasteiger partial charge in [-0.05, 0) is 74.1 Å². The SMILES string of the molecule is CCOC(=O)Cn1c2c(c3cc(F)ccc31)C[C@@H](NC(=O)CCc1cccc(OC)c1)CC2. The summed E-state index contributed by atoms with van der Waals surface area (Å²) < 4.78 is 26.3. The zero-order valence-electron chi connectivity index (χ0n) is 19.0. The van der Waals surface area contributed by atoms with Crippen LogP contribution in [0, 0.1) is 5.82 Å². The van der Waals surface area contributed by atoms with Crippen LogP contribution >= 0.6 is 0 Å². The molecule has 0 unspecified atom stereocenters. The highest BCUT2D eigenvalue weighted by Gasteiger charge is 2.27. The molecule has 4 rings (SSSR count). The molecule has 33 heavy (non-hydrogen) atoms. The van der Waals surface area contributed by atoms with Gasteiger partial charge >= 0.3 is 5.97 Å². The van der Waals surface area contributed by atoms with Gasteiger partial charge in [0.05, 0.1) is 13.7 Å². The van der Waals surface area contributed by atoms with E-state index in [1.165, 1.54) is 12.1 Å². The summed E-state index contributed by atoms with van der Waals surface area (Å²) in [5.41, 5.74) is 3.89. The van der Waals surface area contributed by atoms with Gasteiger partial charge in [-0.1, -0.05) is 12.1 Å². The molecule has 1 atom stereocenters. The number of methoxy groups -OCH3 is 1. The fourth-order valence-corrected chi connectivity index (χ4v) is 4.65. The summed E-state index contributed by atoms with van der Waals surface area (Å²) in [4.78, 5) is 24.8. The fraction of sp³-hybridized carbons (Fsp3) is 0.385. The van der Waals surface area contributed by atoms with Gasteiger partial charge in [0.25, 0.3) is 0 Å². The van der Waals surface area contributed by atoms with Crippen molar-refractivity contribution in [2.45, 2.75) is 51.6 Å². The van der Waals surface area contributed by atoms with Crippen molar-refractivity contribution in [3.8, 4) is 5.75 Å². The van der Waals surface area contributed by atoms with Crippen LogP contribution < -0.4 is 10.1 Å². The average Bonchev–Trinajstić information content (AvgIpc) is 3.10. The number of aryl methyl sites for hydroxylation is 1. The molecule has 1 aromatic heterocycles. The Morgan fingerprint density at radius 2 is 2.06 bits per heavy atom. The molecule has 6 nitrogen and oxygen atoms in total. The zero-order valence-corrected chi connectivity index (χ0v) is 19.0. The third kappa shape index (κ3) is 5.18. The van der Waals surface area contributed by atoms with Gasteiger partial charge in [-0.25, -0.2) is 4.39 Å². The Morgan fingerprint density at radius 1 is 1.21 bits per heavy atom. The van der Waals surface area contributed by atoms with Crippen LogP contribution in [0.3, 0.4) is 0 Å². The van der Waals surface area contributed by atoms with Crippen molar-refractivity contribution < 1.29 is 23.5 Å². The van der Waals surface area contributed by atoms with E-state index in [4.69, 9.17) is 9.47 Å². The molecule has 0 saturated carbocycles. The van der Waals surface area contributed by atoms with Crippen LogP contribution in [-0.2, 0) is 40.1 Å². The Labute approximate surface area is 192 Å². The number of nitrogens with zero attached hydrogens (tertiary/aromatic N) is 1. The molecule has 2 aromatic carbocycles. The summed E-state index contributed by atoms with van der Waals surface area (Å²) in [6, 6.07) is 12.3. The number of hydrogen-bond acceptors (Lipinski definition) is 4. The van der Waals surface area contributed by atoms with Crippen molar-refractivity contribution in [3.63, 3.8) is 0 Å². The minimum Gasteiger partial charge on any atom is -0.497 e. The average molecular weight is 453 g/mol. The Bertz CT molecular complexity index is 1170. The van der Waals surface area contributed by atoms with Gasteiger partial charge in [-0.3, -0.25) is 9.59 Å². The summed E-state index contributed by atoms with van der Waals surface area (Å²) in [5, 5.41) is 3.94. The number of halogens is 1. The van der Waals surface area contributed by atoms with Gasteiger partial charge in [-0.15, -0.1) is 0 Å². The molecule has 1 aliphatic carbocycles. The predicted molar refractivity (Wildman–Crippen MR) is 124 cm³/mol. The molecular weight excluding hydrogens is 423 g/mol. The molecule has 174 valence electrons. The minimum atomic E-state index is -0.317. The second kappa shape index (κ2) is 10.1. The van der Waals surface area contributed by atoms with Gasteiger partial charge in [0.2, 0.25) is 5.91 Å². The number of esters is 1. The van der Waals surface area contributed by atoms with Crippen molar-refractivity contribution in [2.24, 2.45) is 0 Å². The molecule has 1 amide bonds. The molecule has 0 radical (unpaired) electrons. The topological polar surface area (TPSA) is 69.6 Å². The van der Waals surface area contributed by atoms with Crippen LogP contribution in [0.1, 0.15) is 36.6 Å². The fourth-order valence-electron chi connectivity index (χ4n) is 4.65. The van der Waals surface area contributed by atoms with Crippen molar-refractivity contribution in [1.82, 2.24) is 9.88 Å². The van der Waals surface area contributed by atoms with Crippen LogP contribution in [0.4, 0.5) is 4.39 Å². The maximum Gasteiger partial charge on any atom is 0.325 e. The summed E-state index contributed by atoms with van der Waals surface area (Å²) in [5.74, 6) is 0.143. The van der Waals surface area contributed by atoms with E-state index in [2.05, 4.69) is 5.32 Å². The first kappa shape index (κ1) is 22.8. The zero-order chi connectivity index (χ0) is 23.4. The molecule has 3 aromatic rings. The lowest BCUT2D eigenvalue weighted by atomic mass is 9.91. The first-order valence-electron chi connectivity index (χ1n) is 11.4. The Balaban J connectivity index is 1.47. The van der Waals surface area contributed by atoms with Gasteiger partial charge in [0.1, 0.15) is 18.1 Å². The maximum atomic E-state index is 14.0. The molecule has 1 aliphatic rings. The lowest BCUT2D eigenvalue weighted by Crippen LogP contribution is -2.39. The van der Waals surface area contributed by atoms with E-state index >= 15 is 0 Å². The highest BCUT2D eigenvalue weighted by atomic mass is 19.1. The van der Waals surface area contributed by atoms with E-state index in [0.29, 0.717) is 32.3 Å². The molecule has 1 heterocycles. The Hall–Kier alpha value is -3.35. The highest BCUT2D eigenvalue weighted by Crippen LogP contribution is 2.33. The van der Waals surface area contributed by atoms with Crippen LogP contribution in [0.2, 0.25) is 0 Å². The number of fused-ring (bicyclic) bond motifs is 3. The number of carbonyl (C=O) groups is 2. The number of aromatic nitrogens is 1. The van der Waals surface area contributed by atoms with E-state index in [1.807, 2.05) is 28.8 Å². The lowest BCUT2D eigenvalue weighted by Gasteiger charge is -2.25. The molecular formula is C26H29FN2O4. The van der Waals surface area contributed by atoms with Gasteiger partial charge in [-0.2, -0.15) is 0 Å². The Kier molecular flexibility index (Phi) is 6.96. The molecule has 1 N–H and O–H groups in total. The summed E-state index contributed by atoms with van der Waals surface area (Å²) >= 11 is 0. The van der Waals surface area contributed by atoms with Gasteiger partial charge in [0, 0.05) is 29.1 Å². The number of carbonyl (C=O) groups excluding carboxylic acids is 2. The first-order chi connectivity index (χ1) is 16.0. The van der Waals surface area contributed by atoms with Gasteiger partial charge < -0.3 is 19.4 Å². The predicted octanol–water partition coefficient (Wildman–Crippen LogP) is 3.96. The summed E-state index contributed by atoms with van der Waals surface area (Å²) in [6.45, 7) is 2.19. The van der Waals surface area contributed by atoms with Crippen molar-refractivity contribution >= 4 is 22.8 Å². The van der Waals surface area contributed by atoms with Crippen LogP contribution in [0.15, 0.2) is 42.5 Å². The second-order valence-electron chi connectivity index (χ2n) is 8.34. The monoisotopic (exact) mass is 452 g/mol. The third-order valence-electron chi connectivity index (χ3n) is 6.16. The Morgan fingerprint density at radius 3 is 2.85 bits per heavy atom. The summed E-state index contributed by atoms with van der Waals surface area (Å²) in [7, 11) is 1.62. The number of hydrogen-bond donors (Lipinski definition) is 1. The van der Waals surface area contributed by atoms with Crippen molar-refractivity contribution in [1.29, 1.82) is 0 Å². The molecule has 0 saturated heterocycles. The van der Waals surface area contributed by atoms with Crippen molar-refractivity contribution in [3.05, 3.63) is 65.1 Å². The van der Waals surface area contributed by atoms with E-state index in [0.717, 1.165) is 39.9 Å². The molecule has 7 heteroatoms. The van der Waals surface area contributed by atoms with E-state index < -0.39 is 0 Å². The van der Waals surface area contributed by atoms with Gasteiger partial charge in [0.15, 0.2) is 0 Å². The molecule has 0 aliphatic heterocycles. The lowest BCUT2D eigenvalue weighted by molar-refractivity contribution is -0.143. The van der Waals surface area contributed by atoms with Crippen molar-refractivity contribution in [2.75, 3.05) is 13.7 Å². The number of ether oxygens (including phenoxy) is 2. The number of amides is 1. The first-order valence-corrected chi connectivity index (χ1v) is 11.4. The standard InChI is InChI=1S/C26H29FN2O4/c1-3-33-26(31)16-29-23-10-8-18(27)14-21(23)22-15-19(9-11-24(22)29)28-25(30)12-7-17-5-4-6-20(13-17)32-2/h4-6,8,10,13-14,19H,3,7,9,11-12,15-16H2,1-2H3,(H,28,30)/t19-/m0/s1. The minimum absolute atomic E-state index is 0.00675. The number of rotatable bonds is 8. The summed E-state index contributed by atoms with van der Waals surface area (Å²) in [6.07, 6.45) is 3.09. The van der Waals surface area contributed by atoms with Crippen LogP contribution in [0.25, 0.3) is 10.9 Å². The highest BCUT2D eigenvalue weighted by molar-refractivity contribution is 5.87. The number of benzene rings is 2. The normalized spacial score (nSPS) is 15.2. The largest absolute Gasteiger partial charge is 0.497 e. The quantitative estimate of drug-likeness (QED) is 0.526. The number of nitrogens with one attached hydrogen (secondary N) is 1. The maximum absolute atomic E-state index is 14.0. The van der Waals surface area contributed by atoms with E-state index in [9.17, 15) is 14.0 Å². The van der Waals surface area contributed by atoms with Crippen LogP contribution in [0.5, 0.6) is 5.75 Å². The molecule has 0 spiro atoms. The molecule has 0 fully saturated rings. The van der Waals surface area contributed by atoms with E-state index in [1.54, 1.807) is 20.1 Å². The van der Waals surface area contributed by atoms with E-state index in [-0.39, 0.29) is 30.3 Å². The smallest absolute Gasteiger partial charge is 0.325 e.